The van der Waals surface area contributed by atoms with E-state index in [0.717, 1.165) is 16.9 Å². The smallest absolute Gasteiger partial charge is 0.308 e. The summed E-state index contributed by atoms with van der Waals surface area (Å²) in [4.78, 5) is 11.5. The molecule has 0 heterocycles. The van der Waals surface area contributed by atoms with Gasteiger partial charge in [0, 0.05) is 17.9 Å². The van der Waals surface area contributed by atoms with Gasteiger partial charge in [-0.25, -0.2) is 0 Å². The number of hydrogen-bond acceptors (Lipinski definition) is 4. The first-order valence-corrected chi connectivity index (χ1v) is 6.10. The van der Waals surface area contributed by atoms with Crippen LogP contribution in [-0.2, 0) is 9.53 Å². The molecule has 100 valence electrons. The Morgan fingerprint density at radius 1 is 1.39 bits per heavy atom. The molecule has 0 aromatic heterocycles. The van der Waals surface area contributed by atoms with E-state index < -0.39 is 5.60 Å². The van der Waals surface area contributed by atoms with Crippen LogP contribution in [-0.4, -0.2) is 18.1 Å². The lowest BCUT2D eigenvalue weighted by atomic mass is 10.2. The van der Waals surface area contributed by atoms with Crippen LogP contribution in [0.4, 0.5) is 11.4 Å². The molecule has 0 unspecified atom stereocenters. The van der Waals surface area contributed by atoms with Gasteiger partial charge in [0.1, 0.15) is 5.60 Å². The minimum Gasteiger partial charge on any atom is -0.460 e. The molecule has 0 saturated heterocycles. The number of carbonyl (C=O) groups excluding carboxylic acids is 1. The van der Waals surface area contributed by atoms with Crippen molar-refractivity contribution >= 4 is 17.3 Å². The van der Waals surface area contributed by atoms with Crippen LogP contribution in [0.5, 0.6) is 0 Å². The maximum absolute atomic E-state index is 11.5. The van der Waals surface area contributed by atoms with E-state index in [4.69, 9.17) is 10.5 Å². The van der Waals surface area contributed by atoms with Crippen molar-refractivity contribution in [3.8, 4) is 0 Å². The van der Waals surface area contributed by atoms with Crippen LogP contribution in [0.3, 0.4) is 0 Å². The predicted molar refractivity (Wildman–Crippen MR) is 74.5 cm³/mol. The molecule has 4 nitrogen and oxygen atoms in total. The summed E-state index contributed by atoms with van der Waals surface area (Å²) in [5, 5.41) is 3.17. The predicted octanol–water partition coefficient (Wildman–Crippen LogP) is 2.72. The number of hydrogen-bond donors (Lipinski definition) is 2. The standard InChI is InChI=1S/C14H22N2O2/c1-10-9-11(5-6-12(10)15)16-8-7-13(17)18-14(2,3)4/h5-6,9,16H,7-8,15H2,1-4H3. The first-order valence-electron chi connectivity index (χ1n) is 6.10. The Hall–Kier alpha value is -1.71. The van der Waals surface area contributed by atoms with Gasteiger partial charge in [-0.3, -0.25) is 4.79 Å². The third-order valence-electron chi connectivity index (χ3n) is 2.35. The molecule has 0 atom stereocenters. The van der Waals surface area contributed by atoms with Gasteiger partial charge < -0.3 is 15.8 Å². The Balaban J connectivity index is 2.38. The Morgan fingerprint density at radius 3 is 2.61 bits per heavy atom. The fourth-order valence-corrected chi connectivity index (χ4v) is 1.49. The number of benzene rings is 1. The van der Waals surface area contributed by atoms with Gasteiger partial charge in [0.15, 0.2) is 0 Å². The Labute approximate surface area is 109 Å². The topological polar surface area (TPSA) is 64.3 Å². The molecule has 1 rings (SSSR count). The largest absolute Gasteiger partial charge is 0.460 e. The van der Waals surface area contributed by atoms with E-state index in [2.05, 4.69) is 5.32 Å². The normalized spacial score (nSPS) is 11.1. The van der Waals surface area contributed by atoms with Gasteiger partial charge in [0.05, 0.1) is 6.42 Å². The number of rotatable bonds is 4. The maximum Gasteiger partial charge on any atom is 0.308 e. The van der Waals surface area contributed by atoms with Gasteiger partial charge >= 0.3 is 5.97 Å². The third kappa shape index (κ3) is 5.08. The average molecular weight is 250 g/mol. The number of nitrogen functional groups attached to an aromatic ring is 1. The number of carbonyl (C=O) groups is 1. The van der Waals surface area contributed by atoms with Crippen LogP contribution in [0.15, 0.2) is 18.2 Å². The van der Waals surface area contributed by atoms with E-state index in [1.807, 2.05) is 45.9 Å². The summed E-state index contributed by atoms with van der Waals surface area (Å²) in [7, 11) is 0. The van der Waals surface area contributed by atoms with Crippen LogP contribution in [0.2, 0.25) is 0 Å². The molecule has 0 aliphatic carbocycles. The minimum absolute atomic E-state index is 0.192. The molecule has 0 fully saturated rings. The molecule has 0 aliphatic rings. The number of aryl methyl sites for hydroxylation is 1. The van der Waals surface area contributed by atoms with Crippen LogP contribution >= 0.6 is 0 Å². The maximum atomic E-state index is 11.5. The summed E-state index contributed by atoms with van der Waals surface area (Å²) in [5.74, 6) is -0.192. The Morgan fingerprint density at radius 2 is 2.06 bits per heavy atom. The molecular weight excluding hydrogens is 228 g/mol. The van der Waals surface area contributed by atoms with Gasteiger partial charge in [-0.15, -0.1) is 0 Å². The molecular formula is C14H22N2O2. The quantitative estimate of drug-likeness (QED) is 0.637. The summed E-state index contributed by atoms with van der Waals surface area (Å²) in [6.07, 6.45) is 0.348. The zero-order valence-corrected chi connectivity index (χ0v) is 11.5. The van der Waals surface area contributed by atoms with E-state index in [1.54, 1.807) is 0 Å². The van der Waals surface area contributed by atoms with Crippen molar-refractivity contribution in [1.29, 1.82) is 0 Å². The summed E-state index contributed by atoms with van der Waals surface area (Å²) in [5.41, 5.74) is 8.07. The van der Waals surface area contributed by atoms with Crippen LogP contribution in [0, 0.1) is 6.92 Å². The monoisotopic (exact) mass is 250 g/mol. The van der Waals surface area contributed by atoms with E-state index in [1.165, 1.54) is 0 Å². The Kier molecular flexibility index (Phi) is 4.59. The van der Waals surface area contributed by atoms with Crippen molar-refractivity contribution in [3.05, 3.63) is 23.8 Å². The van der Waals surface area contributed by atoms with E-state index in [-0.39, 0.29) is 5.97 Å². The van der Waals surface area contributed by atoms with E-state index >= 15 is 0 Å². The first kappa shape index (κ1) is 14.4. The number of ether oxygens (including phenoxy) is 1. The number of anilines is 2. The highest BCUT2D eigenvalue weighted by atomic mass is 16.6. The molecule has 0 aliphatic heterocycles. The SMILES string of the molecule is Cc1cc(NCCC(=O)OC(C)(C)C)ccc1N. The van der Waals surface area contributed by atoms with E-state index in [9.17, 15) is 4.79 Å². The molecule has 3 N–H and O–H groups in total. The summed E-state index contributed by atoms with van der Waals surface area (Å²) >= 11 is 0. The Bertz CT molecular complexity index is 422. The minimum atomic E-state index is -0.422. The highest BCUT2D eigenvalue weighted by molar-refractivity contribution is 5.70. The van der Waals surface area contributed by atoms with Gasteiger partial charge in [-0.05, 0) is 51.5 Å². The molecule has 1 aromatic rings. The highest BCUT2D eigenvalue weighted by Gasteiger charge is 2.15. The van der Waals surface area contributed by atoms with Gasteiger partial charge in [0.25, 0.3) is 0 Å². The van der Waals surface area contributed by atoms with Gasteiger partial charge in [-0.2, -0.15) is 0 Å². The average Bonchev–Trinajstić information content (AvgIpc) is 2.20. The van der Waals surface area contributed by atoms with E-state index in [0.29, 0.717) is 13.0 Å². The molecule has 0 radical (unpaired) electrons. The second-order valence-corrected chi connectivity index (χ2v) is 5.33. The highest BCUT2D eigenvalue weighted by Crippen LogP contribution is 2.16. The molecule has 1 aromatic carbocycles. The lowest BCUT2D eigenvalue weighted by molar-refractivity contribution is -0.154. The molecule has 0 amide bonds. The second-order valence-electron chi connectivity index (χ2n) is 5.33. The van der Waals surface area contributed by atoms with Crippen molar-refractivity contribution in [2.75, 3.05) is 17.6 Å². The van der Waals surface area contributed by atoms with Crippen molar-refractivity contribution in [2.24, 2.45) is 0 Å². The van der Waals surface area contributed by atoms with Crippen molar-refractivity contribution in [2.45, 2.75) is 39.7 Å². The first-order chi connectivity index (χ1) is 8.28. The lowest BCUT2D eigenvalue weighted by Crippen LogP contribution is -2.25. The summed E-state index contributed by atoms with van der Waals surface area (Å²) in [6, 6.07) is 5.72. The fourth-order valence-electron chi connectivity index (χ4n) is 1.49. The second kappa shape index (κ2) is 5.76. The van der Waals surface area contributed by atoms with Gasteiger partial charge in [-0.1, -0.05) is 0 Å². The molecule has 0 bridgehead atoms. The van der Waals surface area contributed by atoms with Crippen molar-refractivity contribution < 1.29 is 9.53 Å². The van der Waals surface area contributed by atoms with Crippen molar-refractivity contribution in [1.82, 2.24) is 0 Å². The van der Waals surface area contributed by atoms with Gasteiger partial charge in [0.2, 0.25) is 0 Å². The fraction of sp³-hybridized carbons (Fsp3) is 0.500. The lowest BCUT2D eigenvalue weighted by Gasteiger charge is -2.19. The zero-order valence-electron chi connectivity index (χ0n) is 11.5. The summed E-state index contributed by atoms with van der Waals surface area (Å²) < 4.78 is 5.22. The number of nitrogens with two attached hydrogens (primary N) is 1. The van der Waals surface area contributed by atoms with Crippen LogP contribution < -0.4 is 11.1 Å². The summed E-state index contributed by atoms with van der Waals surface area (Å²) in [6.45, 7) is 8.09. The molecule has 0 spiro atoms. The van der Waals surface area contributed by atoms with Crippen LogP contribution in [0.25, 0.3) is 0 Å². The third-order valence-corrected chi connectivity index (χ3v) is 2.35. The molecule has 18 heavy (non-hydrogen) atoms. The molecule has 0 saturated carbocycles. The molecule has 4 heteroatoms. The number of nitrogens with one attached hydrogen (secondary N) is 1. The zero-order chi connectivity index (χ0) is 13.8. The van der Waals surface area contributed by atoms with Crippen molar-refractivity contribution in [3.63, 3.8) is 0 Å². The van der Waals surface area contributed by atoms with Crippen LogP contribution in [0.1, 0.15) is 32.8 Å². The number of esters is 1.